The van der Waals surface area contributed by atoms with Crippen LogP contribution in [0.1, 0.15) is 6.42 Å². The van der Waals surface area contributed by atoms with Crippen LogP contribution in [0.3, 0.4) is 0 Å². The third-order valence-electron chi connectivity index (χ3n) is 0.691. The summed E-state index contributed by atoms with van der Waals surface area (Å²) in [7, 11) is -4.03. The van der Waals surface area contributed by atoms with E-state index >= 15 is 0 Å². The number of hydrogen-bond donors (Lipinski definition) is 2. The van der Waals surface area contributed by atoms with Gasteiger partial charge < -0.3 is 4.80 Å². The summed E-state index contributed by atoms with van der Waals surface area (Å²) in [5.74, 6) is -0.249. The van der Waals surface area contributed by atoms with Crippen LogP contribution in [0.2, 0.25) is 6.04 Å². The van der Waals surface area contributed by atoms with E-state index in [-0.39, 0.29) is 15.5 Å². The quantitative estimate of drug-likeness (QED) is 0.330. The third-order valence-corrected chi connectivity index (χ3v) is 2.07. The number of hydrogen-bond acceptors (Lipinski definition) is 3. The van der Waals surface area contributed by atoms with E-state index in [9.17, 15) is 8.42 Å². The Morgan fingerprint density at radius 1 is 1.44 bits per heavy atom. The largest absolute Gasteiger partial charge is 0.432 e. The zero-order valence-electron chi connectivity index (χ0n) is 4.74. The molecule has 0 saturated heterocycles. The van der Waals surface area contributed by atoms with Crippen LogP contribution in [-0.2, 0) is 10.1 Å². The highest BCUT2D eigenvalue weighted by Crippen LogP contribution is 1.91. The van der Waals surface area contributed by atoms with Crippen LogP contribution in [0, 0.1) is 0 Å². The lowest BCUT2D eigenvalue weighted by Gasteiger charge is -1.91. The minimum atomic E-state index is -3.80. The number of rotatable bonds is 4. The van der Waals surface area contributed by atoms with Crippen LogP contribution in [0.15, 0.2) is 0 Å². The van der Waals surface area contributed by atoms with Gasteiger partial charge in [0.1, 0.15) is 0 Å². The lowest BCUT2D eigenvalue weighted by atomic mass is 10.6. The van der Waals surface area contributed by atoms with Gasteiger partial charge in [-0.1, -0.05) is 0 Å². The molecular formula is C3H8O4SSi. The second kappa shape index (κ2) is 3.99. The average molecular weight is 168 g/mol. The van der Waals surface area contributed by atoms with Gasteiger partial charge in [0.2, 0.25) is 9.76 Å². The fourth-order valence-corrected chi connectivity index (χ4v) is 1.43. The van der Waals surface area contributed by atoms with Gasteiger partial charge in [-0.05, 0) is 12.5 Å². The van der Waals surface area contributed by atoms with Gasteiger partial charge in [0, 0.05) is 0 Å². The molecule has 0 aliphatic heterocycles. The van der Waals surface area contributed by atoms with Crippen LogP contribution in [0.5, 0.6) is 0 Å². The van der Waals surface area contributed by atoms with Crippen molar-refractivity contribution in [3.63, 3.8) is 0 Å². The maximum Gasteiger partial charge on any atom is 0.264 e. The highest BCUT2D eigenvalue weighted by Gasteiger charge is 2.02. The van der Waals surface area contributed by atoms with Crippen molar-refractivity contribution in [1.29, 1.82) is 0 Å². The topological polar surface area (TPSA) is 74.6 Å². The van der Waals surface area contributed by atoms with Crippen LogP contribution in [-0.4, -0.2) is 33.3 Å². The molecule has 0 bridgehead atoms. The highest BCUT2D eigenvalue weighted by molar-refractivity contribution is 7.85. The minimum absolute atomic E-state index is 0.232. The monoisotopic (exact) mass is 168 g/mol. The Morgan fingerprint density at radius 2 is 2.00 bits per heavy atom. The molecule has 6 heteroatoms. The summed E-state index contributed by atoms with van der Waals surface area (Å²) in [6, 6.07) is 0.444. The predicted molar refractivity (Wildman–Crippen MR) is 33.8 cm³/mol. The first-order valence-electron chi connectivity index (χ1n) is 2.38. The van der Waals surface area contributed by atoms with Crippen molar-refractivity contribution in [2.75, 3.05) is 5.75 Å². The van der Waals surface area contributed by atoms with Gasteiger partial charge in [-0.2, -0.15) is 8.42 Å². The molecule has 0 fully saturated rings. The summed E-state index contributed by atoms with van der Waals surface area (Å²) in [4.78, 5) is 8.21. The van der Waals surface area contributed by atoms with E-state index in [4.69, 9.17) is 9.35 Å². The van der Waals surface area contributed by atoms with Crippen molar-refractivity contribution in [2.24, 2.45) is 0 Å². The van der Waals surface area contributed by atoms with Crippen LogP contribution >= 0.6 is 0 Å². The van der Waals surface area contributed by atoms with Gasteiger partial charge in [-0.25, -0.2) is 0 Å². The van der Waals surface area contributed by atoms with E-state index < -0.39 is 10.1 Å². The molecule has 0 amide bonds. The molecular weight excluding hydrogens is 160 g/mol. The fraction of sp³-hybridized carbons (Fsp3) is 1.00. The van der Waals surface area contributed by atoms with E-state index in [1.165, 1.54) is 0 Å². The highest BCUT2D eigenvalue weighted by atomic mass is 32.2. The lowest BCUT2D eigenvalue weighted by Crippen LogP contribution is -2.04. The maximum atomic E-state index is 9.98. The minimum Gasteiger partial charge on any atom is -0.432 e. The van der Waals surface area contributed by atoms with E-state index in [1.54, 1.807) is 0 Å². The molecule has 2 radical (unpaired) electrons. The maximum absolute atomic E-state index is 9.98. The first-order chi connectivity index (χ1) is 4.06. The van der Waals surface area contributed by atoms with E-state index in [0.29, 0.717) is 12.5 Å². The normalized spacial score (nSPS) is 11.8. The zero-order chi connectivity index (χ0) is 7.33. The third kappa shape index (κ3) is 8.09. The molecule has 0 aliphatic carbocycles. The molecule has 0 saturated carbocycles. The van der Waals surface area contributed by atoms with Gasteiger partial charge in [-0.3, -0.25) is 4.55 Å². The molecule has 0 aromatic rings. The molecule has 0 unspecified atom stereocenters. The smallest absolute Gasteiger partial charge is 0.264 e. The van der Waals surface area contributed by atoms with E-state index in [1.807, 2.05) is 0 Å². The van der Waals surface area contributed by atoms with Crippen LogP contribution < -0.4 is 0 Å². The summed E-state index contributed by atoms with van der Waals surface area (Å²) in [6.07, 6.45) is 0.327. The van der Waals surface area contributed by atoms with Gasteiger partial charge in [0.05, 0.1) is 5.75 Å². The molecule has 54 valence electrons. The summed E-state index contributed by atoms with van der Waals surface area (Å²) < 4.78 is 28.1. The first-order valence-corrected chi connectivity index (χ1v) is 5.15. The van der Waals surface area contributed by atoms with E-state index in [0.717, 1.165) is 0 Å². The first kappa shape index (κ1) is 9.09. The molecule has 0 heterocycles. The Hall–Kier alpha value is 0.0869. The zero-order valence-corrected chi connectivity index (χ0v) is 6.56. The molecule has 9 heavy (non-hydrogen) atoms. The van der Waals surface area contributed by atoms with Gasteiger partial charge in [0.15, 0.2) is 0 Å². The molecule has 0 atom stereocenters. The Balaban J connectivity index is 3.30. The Bertz CT molecular complexity index is 151. The Labute approximate surface area is 56.6 Å². The SMILES string of the molecule is O=S(=O)(O)CCC[Si]O. The van der Waals surface area contributed by atoms with E-state index in [2.05, 4.69) is 0 Å². The Morgan fingerprint density at radius 3 is 2.33 bits per heavy atom. The fourth-order valence-electron chi connectivity index (χ4n) is 0.334. The molecule has 0 spiro atoms. The van der Waals surface area contributed by atoms with Crippen molar-refractivity contribution >= 4 is 19.9 Å². The predicted octanol–water partition coefficient (Wildman–Crippen LogP) is -0.706. The van der Waals surface area contributed by atoms with Crippen molar-refractivity contribution in [2.45, 2.75) is 12.5 Å². The van der Waals surface area contributed by atoms with Gasteiger partial charge in [-0.15, -0.1) is 0 Å². The second-order valence-electron chi connectivity index (χ2n) is 1.55. The summed E-state index contributed by atoms with van der Waals surface area (Å²) in [6.45, 7) is 0. The molecule has 0 rings (SSSR count). The molecule has 0 aromatic carbocycles. The van der Waals surface area contributed by atoms with Gasteiger partial charge in [0.25, 0.3) is 10.1 Å². The lowest BCUT2D eigenvalue weighted by molar-refractivity contribution is 0.482. The molecule has 0 aromatic heterocycles. The molecule has 2 N–H and O–H groups in total. The summed E-state index contributed by atoms with van der Waals surface area (Å²) in [5.41, 5.74) is 0. The van der Waals surface area contributed by atoms with Crippen molar-refractivity contribution in [3.8, 4) is 0 Å². The summed E-state index contributed by atoms with van der Waals surface area (Å²) in [5, 5.41) is 0. The van der Waals surface area contributed by atoms with Crippen molar-refractivity contribution in [3.05, 3.63) is 0 Å². The van der Waals surface area contributed by atoms with Crippen LogP contribution in [0.4, 0.5) is 0 Å². The molecule has 0 aliphatic rings. The average Bonchev–Trinajstić information content (AvgIpc) is 1.63. The molecule has 4 nitrogen and oxygen atoms in total. The second-order valence-corrected chi connectivity index (χ2v) is 3.94. The van der Waals surface area contributed by atoms with Crippen LogP contribution in [0.25, 0.3) is 0 Å². The van der Waals surface area contributed by atoms with Gasteiger partial charge >= 0.3 is 0 Å². The Kier molecular flexibility index (Phi) is 4.03. The summed E-state index contributed by atoms with van der Waals surface area (Å²) >= 11 is 0. The van der Waals surface area contributed by atoms with Crippen molar-refractivity contribution in [1.82, 2.24) is 0 Å². The standard InChI is InChI=1S/C3H8O4SSi/c4-8(5,6)2-1-3-9-7/h7H,1-3H2,(H,4,5,6). The van der Waals surface area contributed by atoms with Crippen molar-refractivity contribution < 1.29 is 17.8 Å².